The van der Waals surface area contributed by atoms with Gasteiger partial charge in [-0.05, 0) is 48.9 Å². The second kappa shape index (κ2) is 7.72. The summed E-state index contributed by atoms with van der Waals surface area (Å²) in [5.41, 5.74) is 1.23. The zero-order valence-corrected chi connectivity index (χ0v) is 13.1. The minimum Gasteiger partial charge on any atom is -0.482 e. The Labute approximate surface area is 136 Å². The molecule has 120 valence electrons. The van der Waals surface area contributed by atoms with E-state index in [4.69, 9.17) is 4.74 Å². The van der Waals surface area contributed by atoms with E-state index < -0.39 is 0 Å². The monoisotopic (exact) mass is 311 g/mol. The molecule has 5 heteroatoms. The maximum atomic E-state index is 12.3. The van der Waals surface area contributed by atoms with Crippen molar-refractivity contribution >= 4 is 5.91 Å². The van der Waals surface area contributed by atoms with Crippen molar-refractivity contribution in [3.8, 4) is 5.75 Å². The average molecular weight is 311 g/mol. The van der Waals surface area contributed by atoms with Crippen molar-refractivity contribution in [2.24, 2.45) is 5.92 Å². The SMILES string of the molecule is O=C(COc1cccnc1)N1CCCC(Cc2cccnc2)C1. The molecular weight excluding hydrogens is 290 g/mol. The van der Waals surface area contributed by atoms with Crippen molar-refractivity contribution in [1.82, 2.24) is 14.9 Å². The Morgan fingerprint density at radius 3 is 2.78 bits per heavy atom. The molecule has 0 radical (unpaired) electrons. The molecule has 23 heavy (non-hydrogen) atoms. The van der Waals surface area contributed by atoms with Crippen molar-refractivity contribution in [3.05, 3.63) is 54.6 Å². The summed E-state index contributed by atoms with van der Waals surface area (Å²) < 4.78 is 5.51. The topological polar surface area (TPSA) is 55.3 Å². The maximum Gasteiger partial charge on any atom is 0.260 e. The van der Waals surface area contributed by atoms with E-state index in [0.29, 0.717) is 11.7 Å². The molecule has 1 unspecified atom stereocenters. The molecule has 5 nitrogen and oxygen atoms in total. The summed E-state index contributed by atoms with van der Waals surface area (Å²) in [6.45, 7) is 1.69. The molecule has 3 rings (SSSR count). The third-order valence-electron chi connectivity index (χ3n) is 4.12. The van der Waals surface area contributed by atoms with Gasteiger partial charge in [0, 0.05) is 31.7 Å². The van der Waals surface area contributed by atoms with Crippen LogP contribution in [0.15, 0.2) is 49.1 Å². The molecule has 0 bridgehead atoms. The van der Waals surface area contributed by atoms with Crippen LogP contribution in [0.2, 0.25) is 0 Å². The second-order valence-corrected chi connectivity index (χ2v) is 5.89. The Bertz CT molecular complexity index is 619. The third-order valence-corrected chi connectivity index (χ3v) is 4.12. The number of likely N-dealkylation sites (tertiary alicyclic amines) is 1. The fourth-order valence-corrected chi connectivity index (χ4v) is 2.98. The van der Waals surface area contributed by atoms with Gasteiger partial charge in [-0.1, -0.05) is 6.07 Å². The fourth-order valence-electron chi connectivity index (χ4n) is 2.98. The first-order valence-corrected chi connectivity index (χ1v) is 8.01. The van der Waals surface area contributed by atoms with E-state index in [1.54, 1.807) is 24.7 Å². The summed E-state index contributed by atoms with van der Waals surface area (Å²) in [7, 11) is 0. The van der Waals surface area contributed by atoms with E-state index in [0.717, 1.165) is 32.4 Å². The number of piperidine rings is 1. The molecule has 0 aromatic carbocycles. The minimum atomic E-state index is 0.0461. The lowest BCUT2D eigenvalue weighted by molar-refractivity contribution is -0.135. The molecular formula is C18H21N3O2. The van der Waals surface area contributed by atoms with E-state index >= 15 is 0 Å². The summed E-state index contributed by atoms with van der Waals surface area (Å²) in [4.78, 5) is 22.4. The number of aromatic nitrogens is 2. The highest BCUT2D eigenvalue weighted by Crippen LogP contribution is 2.20. The molecule has 1 aliphatic heterocycles. The second-order valence-electron chi connectivity index (χ2n) is 5.89. The molecule has 0 saturated carbocycles. The van der Waals surface area contributed by atoms with Gasteiger partial charge in [0.25, 0.3) is 5.91 Å². The summed E-state index contributed by atoms with van der Waals surface area (Å²) in [5, 5.41) is 0. The molecule has 1 amide bonds. The van der Waals surface area contributed by atoms with Gasteiger partial charge in [0.2, 0.25) is 0 Å². The van der Waals surface area contributed by atoms with Gasteiger partial charge in [-0.3, -0.25) is 14.8 Å². The Morgan fingerprint density at radius 2 is 2.04 bits per heavy atom. The first-order chi connectivity index (χ1) is 11.3. The Balaban J connectivity index is 1.50. The van der Waals surface area contributed by atoms with Crippen LogP contribution in [0.5, 0.6) is 5.75 Å². The van der Waals surface area contributed by atoms with Crippen molar-refractivity contribution < 1.29 is 9.53 Å². The van der Waals surface area contributed by atoms with Crippen LogP contribution >= 0.6 is 0 Å². The number of rotatable bonds is 5. The summed E-state index contributed by atoms with van der Waals surface area (Å²) in [6, 6.07) is 7.66. The van der Waals surface area contributed by atoms with Crippen LogP contribution in [0, 0.1) is 5.92 Å². The quantitative estimate of drug-likeness (QED) is 0.850. The first kappa shape index (κ1) is 15.5. The van der Waals surface area contributed by atoms with Gasteiger partial charge < -0.3 is 9.64 Å². The van der Waals surface area contributed by atoms with E-state index in [2.05, 4.69) is 16.0 Å². The lowest BCUT2D eigenvalue weighted by Gasteiger charge is -2.32. The van der Waals surface area contributed by atoms with Gasteiger partial charge in [-0.2, -0.15) is 0 Å². The van der Waals surface area contributed by atoms with E-state index in [-0.39, 0.29) is 12.5 Å². The van der Waals surface area contributed by atoms with Crippen molar-refractivity contribution in [1.29, 1.82) is 0 Å². The van der Waals surface area contributed by atoms with Crippen LogP contribution in [0.25, 0.3) is 0 Å². The van der Waals surface area contributed by atoms with Gasteiger partial charge >= 0.3 is 0 Å². The highest BCUT2D eigenvalue weighted by molar-refractivity contribution is 5.77. The maximum absolute atomic E-state index is 12.3. The van der Waals surface area contributed by atoms with Crippen molar-refractivity contribution in [2.45, 2.75) is 19.3 Å². The number of pyridine rings is 2. The number of hydrogen-bond donors (Lipinski definition) is 0. The van der Waals surface area contributed by atoms with Gasteiger partial charge in [0.15, 0.2) is 6.61 Å². The molecule has 1 fully saturated rings. The predicted molar refractivity (Wildman–Crippen MR) is 87.0 cm³/mol. The highest BCUT2D eigenvalue weighted by Gasteiger charge is 2.24. The molecule has 0 aliphatic carbocycles. The lowest BCUT2D eigenvalue weighted by Crippen LogP contribution is -2.42. The Hall–Kier alpha value is -2.43. The number of carbonyl (C=O) groups excluding carboxylic acids is 1. The largest absolute Gasteiger partial charge is 0.482 e. The molecule has 2 aromatic heterocycles. The van der Waals surface area contributed by atoms with Gasteiger partial charge in [0.05, 0.1) is 6.20 Å². The van der Waals surface area contributed by atoms with Crippen LogP contribution in [-0.2, 0) is 11.2 Å². The molecule has 0 spiro atoms. The fraction of sp³-hybridized carbons (Fsp3) is 0.389. The van der Waals surface area contributed by atoms with Crippen LogP contribution in [0.1, 0.15) is 18.4 Å². The molecule has 1 aliphatic rings. The number of carbonyl (C=O) groups is 1. The van der Waals surface area contributed by atoms with E-state index in [1.165, 1.54) is 5.56 Å². The predicted octanol–water partition coefficient (Wildman–Crippen LogP) is 2.34. The van der Waals surface area contributed by atoms with Crippen molar-refractivity contribution in [2.75, 3.05) is 19.7 Å². The van der Waals surface area contributed by atoms with E-state index in [1.807, 2.05) is 23.2 Å². The number of nitrogens with zero attached hydrogens (tertiary/aromatic N) is 3. The van der Waals surface area contributed by atoms with Crippen LogP contribution in [-0.4, -0.2) is 40.5 Å². The molecule has 0 N–H and O–H groups in total. The first-order valence-electron chi connectivity index (χ1n) is 8.01. The zero-order valence-electron chi connectivity index (χ0n) is 13.1. The smallest absolute Gasteiger partial charge is 0.260 e. The molecule has 2 aromatic rings. The summed E-state index contributed by atoms with van der Waals surface area (Å²) in [5.74, 6) is 1.17. The average Bonchev–Trinajstić information content (AvgIpc) is 2.62. The number of hydrogen-bond acceptors (Lipinski definition) is 4. The molecule has 1 saturated heterocycles. The Morgan fingerprint density at radius 1 is 1.22 bits per heavy atom. The van der Waals surface area contributed by atoms with Crippen LogP contribution in [0.3, 0.4) is 0 Å². The summed E-state index contributed by atoms with van der Waals surface area (Å²) in [6.07, 6.45) is 10.2. The van der Waals surface area contributed by atoms with Gasteiger partial charge in [-0.15, -0.1) is 0 Å². The van der Waals surface area contributed by atoms with Gasteiger partial charge in [0.1, 0.15) is 5.75 Å². The standard InChI is InChI=1S/C18H21N3O2/c22-18(14-23-17-6-2-8-20-12-17)21-9-3-5-16(13-21)10-15-4-1-7-19-11-15/h1-2,4,6-8,11-12,16H,3,5,9-10,13-14H2. The van der Waals surface area contributed by atoms with Crippen LogP contribution in [0.4, 0.5) is 0 Å². The zero-order chi connectivity index (χ0) is 15.9. The molecule has 1 atom stereocenters. The third kappa shape index (κ3) is 4.52. The number of ether oxygens (including phenoxy) is 1. The molecule has 3 heterocycles. The highest BCUT2D eigenvalue weighted by atomic mass is 16.5. The van der Waals surface area contributed by atoms with E-state index in [9.17, 15) is 4.79 Å². The van der Waals surface area contributed by atoms with Gasteiger partial charge in [-0.25, -0.2) is 0 Å². The minimum absolute atomic E-state index is 0.0461. The van der Waals surface area contributed by atoms with Crippen molar-refractivity contribution in [3.63, 3.8) is 0 Å². The normalized spacial score (nSPS) is 17.7. The summed E-state index contributed by atoms with van der Waals surface area (Å²) >= 11 is 0. The lowest BCUT2D eigenvalue weighted by atomic mass is 9.92. The number of amides is 1. The Kier molecular flexibility index (Phi) is 5.19. The van der Waals surface area contributed by atoms with Crippen LogP contribution < -0.4 is 4.74 Å².